The van der Waals surface area contributed by atoms with E-state index in [1.54, 1.807) is 28.5 Å². The molecule has 8 heteroatoms. The normalized spacial score (nSPS) is 20.7. The second-order valence-electron chi connectivity index (χ2n) is 7.86. The summed E-state index contributed by atoms with van der Waals surface area (Å²) in [5, 5.41) is 0.773. The summed E-state index contributed by atoms with van der Waals surface area (Å²) in [6.45, 7) is 2.73. The van der Waals surface area contributed by atoms with E-state index in [4.69, 9.17) is 0 Å². The molecular weight excluding hydrogens is 391 g/mol. The van der Waals surface area contributed by atoms with Gasteiger partial charge in [-0.2, -0.15) is 0 Å². The fourth-order valence-electron chi connectivity index (χ4n) is 4.50. The molecule has 3 aliphatic rings. The Kier molecular flexibility index (Phi) is 4.81. The maximum Gasteiger partial charge on any atom is 0.257 e. The third-order valence-corrected chi connectivity index (χ3v) is 7.20. The van der Waals surface area contributed by atoms with Crippen molar-refractivity contribution in [1.82, 2.24) is 14.5 Å². The van der Waals surface area contributed by atoms with Crippen LogP contribution in [0.25, 0.3) is 0 Å². The van der Waals surface area contributed by atoms with E-state index in [1.807, 2.05) is 4.90 Å². The van der Waals surface area contributed by atoms with Crippen LogP contribution in [0.2, 0.25) is 0 Å². The minimum Gasteiger partial charge on any atom is -0.368 e. The Bertz CT molecular complexity index is 999. The summed E-state index contributed by atoms with van der Waals surface area (Å²) in [6.07, 6.45) is 3.03. The van der Waals surface area contributed by atoms with E-state index < -0.39 is 0 Å². The molecule has 6 nitrogen and oxygen atoms in total. The number of benzene rings is 1. The zero-order chi connectivity index (χ0) is 20.0. The first-order valence-corrected chi connectivity index (χ1v) is 11.1. The van der Waals surface area contributed by atoms with Gasteiger partial charge in [-0.25, -0.2) is 9.37 Å². The number of anilines is 1. The number of hydrogen-bond acceptors (Lipinski definition) is 5. The summed E-state index contributed by atoms with van der Waals surface area (Å²) in [5.74, 6) is 0.578. The minimum absolute atomic E-state index is 0.0615. The molecule has 0 radical (unpaired) electrons. The third-order valence-electron chi connectivity index (χ3n) is 6.11. The lowest BCUT2D eigenvalue weighted by Crippen LogP contribution is -2.49. The number of halogens is 1. The van der Waals surface area contributed by atoms with E-state index in [1.165, 1.54) is 12.1 Å². The molecule has 1 aliphatic carbocycles. The van der Waals surface area contributed by atoms with E-state index in [-0.39, 0.29) is 23.3 Å². The summed E-state index contributed by atoms with van der Waals surface area (Å²) in [7, 11) is 0. The van der Waals surface area contributed by atoms with Crippen LogP contribution in [-0.4, -0.2) is 52.3 Å². The van der Waals surface area contributed by atoms with Gasteiger partial charge in [0.15, 0.2) is 5.16 Å². The molecule has 1 aromatic heterocycles. The topological polar surface area (TPSA) is 58.4 Å². The van der Waals surface area contributed by atoms with Crippen LogP contribution in [0.5, 0.6) is 0 Å². The highest BCUT2D eigenvalue weighted by atomic mass is 32.2. The molecule has 0 unspecified atom stereocenters. The number of aromatic nitrogens is 2. The predicted octanol–water partition coefficient (Wildman–Crippen LogP) is 2.26. The van der Waals surface area contributed by atoms with Gasteiger partial charge in [-0.05, 0) is 43.5 Å². The summed E-state index contributed by atoms with van der Waals surface area (Å²) in [6, 6.07) is 6.37. The maximum atomic E-state index is 13.1. The van der Waals surface area contributed by atoms with Crippen molar-refractivity contribution in [1.29, 1.82) is 0 Å². The first kappa shape index (κ1) is 18.7. The number of hydrogen-bond donors (Lipinski definition) is 0. The first-order valence-electron chi connectivity index (χ1n) is 10.2. The first-order chi connectivity index (χ1) is 14.1. The fourth-order valence-corrected chi connectivity index (χ4v) is 5.65. The van der Waals surface area contributed by atoms with Gasteiger partial charge in [-0.15, -0.1) is 0 Å². The van der Waals surface area contributed by atoms with E-state index >= 15 is 0 Å². The monoisotopic (exact) mass is 414 g/mol. The second-order valence-corrected chi connectivity index (χ2v) is 8.85. The van der Waals surface area contributed by atoms with E-state index in [0.717, 1.165) is 60.2 Å². The quantitative estimate of drug-likeness (QED) is 0.721. The highest BCUT2D eigenvalue weighted by molar-refractivity contribution is 7.99. The van der Waals surface area contributed by atoms with Gasteiger partial charge in [0.25, 0.3) is 5.56 Å². The summed E-state index contributed by atoms with van der Waals surface area (Å²) in [4.78, 5) is 34.5. The Morgan fingerprint density at radius 3 is 2.66 bits per heavy atom. The molecule has 29 heavy (non-hydrogen) atoms. The third kappa shape index (κ3) is 3.43. The molecule has 2 aromatic rings. The van der Waals surface area contributed by atoms with Crippen LogP contribution in [-0.2, 0) is 17.6 Å². The molecule has 0 saturated carbocycles. The number of amides is 1. The molecule has 2 aliphatic heterocycles. The molecule has 0 spiro atoms. The molecule has 0 bridgehead atoms. The van der Waals surface area contributed by atoms with Crippen LogP contribution in [0.15, 0.2) is 34.2 Å². The van der Waals surface area contributed by atoms with Gasteiger partial charge in [-0.1, -0.05) is 11.8 Å². The molecule has 1 amide bonds. The number of aryl methyl sites for hydroxylation is 1. The van der Waals surface area contributed by atoms with Crippen molar-refractivity contribution in [3.05, 3.63) is 51.7 Å². The Morgan fingerprint density at radius 2 is 1.90 bits per heavy atom. The molecule has 5 rings (SSSR count). The standard InChI is InChI=1S/C21H23FN4O2S/c22-14-4-6-15(7-5-14)24-8-10-25(11-9-24)19(27)12-16-13-29-21-23-18-3-1-2-17(18)20(28)26(16)21/h4-7,16H,1-3,8-13H2/t16-/m1/s1. The van der Waals surface area contributed by atoms with Crippen LogP contribution in [0.4, 0.5) is 10.1 Å². The molecule has 1 atom stereocenters. The van der Waals surface area contributed by atoms with Gasteiger partial charge >= 0.3 is 0 Å². The van der Waals surface area contributed by atoms with Crippen LogP contribution < -0.4 is 10.5 Å². The molecule has 3 heterocycles. The van der Waals surface area contributed by atoms with Crippen LogP contribution in [0.3, 0.4) is 0 Å². The van der Waals surface area contributed by atoms with E-state index in [2.05, 4.69) is 9.88 Å². The number of rotatable bonds is 3. The van der Waals surface area contributed by atoms with Gasteiger partial charge in [-0.3, -0.25) is 14.2 Å². The highest BCUT2D eigenvalue weighted by Crippen LogP contribution is 2.34. The SMILES string of the molecule is O=C(C[C@@H]1CSc2nc3c(c(=O)n21)CCC3)N1CCN(c2ccc(F)cc2)CC1. The number of carbonyl (C=O) groups excluding carboxylic acids is 1. The molecule has 152 valence electrons. The second kappa shape index (κ2) is 7.48. The summed E-state index contributed by atoms with van der Waals surface area (Å²) in [5.41, 5.74) is 2.84. The zero-order valence-electron chi connectivity index (χ0n) is 16.1. The Labute approximate surface area is 172 Å². The average Bonchev–Trinajstić information content (AvgIpc) is 3.36. The lowest BCUT2D eigenvalue weighted by Gasteiger charge is -2.36. The number of carbonyl (C=O) groups is 1. The number of thioether (sulfide) groups is 1. The van der Waals surface area contributed by atoms with Gasteiger partial charge in [0.1, 0.15) is 5.82 Å². The van der Waals surface area contributed by atoms with Gasteiger partial charge in [0.05, 0.1) is 11.7 Å². The van der Waals surface area contributed by atoms with Gasteiger partial charge < -0.3 is 9.80 Å². The Hall–Kier alpha value is -2.35. The van der Waals surface area contributed by atoms with Crippen molar-refractivity contribution in [3.8, 4) is 0 Å². The molecule has 1 saturated heterocycles. The summed E-state index contributed by atoms with van der Waals surface area (Å²) < 4.78 is 14.9. The van der Waals surface area contributed by atoms with E-state index in [0.29, 0.717) is 19.5 Å². The summed E-state index contributed by atoms with van der Waals surface area (Å²) >= 11 is 1.59. The minimum atomic E-state index is -0.243. The predicted molar refractivity (Wildman–Crippen MR) is 110 cm³/mol. The van der Waals surface area contributed by atoms with Crippen molar-refractivity contribution in [2.24, 2.45) is 0 Å². The van der Waals surface area contributed by atoms with Gasteiger partial charge in [0.2, 0.25) is 5.91 Å². The smallest absolute Gasteiger partial charge is 0.257 e. The van der Waals surface area contributed by atoms with Crippen molar-refractivity contribution < 1.29 is 9.18 Å². The van der Waals surface area contributed by atoms with Crippen LogP contribution in [0.1, 0.15) is 30.1 Å². The number of fused-ring (bicyclic) bond motifs is 2. The van der Waals surface area contributed by atoms with Gasteiger partial charge in [0, 0.05) is 49.6 Å². The largest absolute Gasteiger partial charge is 0.368 e. The Balaban J connectivity index is 1.24. The lowest BCUT2D eigenvalue weighted by atomic mass is 10.1. The molecule has 1 aromatic carbocycles. The number of nitrogens with zero attached hydrogens (tertiary/aromatic N) is 4. The highest BCUT2D eigenvalue weighted by Gasteiger charge is 2.32. The van der Waals surface area contributed by atoms with Crippen molar-refractivity contribution in [2.45, 2.75) is 36.9 Å². The molecular formula is C21H23FN4O2S. The molecule has 0 N–H and O–H groups in total. The zero-order valence-corrected chi connectivity index (χ0v) is 17.0. The van der Waals surface area contributed by atoms with Crippen molar-refractivity contribution >= 4 is 23.4 Å². The number of piperazine rings is 1. The van der Waals surface area contributed by atoms with Crippen molar-refractivity contribution in [3.63, 3.8) is 0 Å². The molecule has 1 fully saturated rings. The van der Waals surface area contributed by atoms with Crippen LogP contribution in [0, 0.1) is 5.82 Å². The van der Waals surface area contributed by atoms with Crippen molar-refractivity contribution in [2.75, 3.05) is 36.8 Å². The average molecular weight is 415 g/mol. The maximum absolute atomic E-state index is 13.1. The van der Waals surface area contributed by atoms with E-state index in [9.17, 15) is 14.0 Å². The fraction of sp³-hybridized carbons (Fsp3) is 0.476. The lowest BCUT2D eigenvalue weighted by molar-refractivity contribution is -0.132. The Morgan fingerprint density at radius 1 is 1.14 bits per heavy atom. The van der Waals surface area contributed by atoms with Crippen LogP contribution >= 0.6 is 11.8 Å².